The van der Waals surface area contributed by atoms with Crippen molar-refractivity contribution in [2.24, 2.45) is 0 Å². The molecule has 0 aliphatic heterocycles. The summed E-state index contributed by atoms with van der Waals surface area (Å²) in [6.45, 7) is 13.8. The van der Waals surface area contributed by atoms with Crippen LogP contribution in [0.2, 0.25) is 5.02 Å². The number of rotatable bonds is 6. The summed E-state index contributed by atoms with van der Waals surface area (Å²) in [5.74, 6) is 0.0732. The van der Waals surface area contributed by atoms with Gasteiger partial charge in [-0.2, -0.15) is 0 Å². The Labute approximate surface area is 158 Å². The van der Waals surface area contributed by atoms with Crippen molar-refractivity contribution < 1.29 is 42.0 Å². The first kappa shape index (κ1) is 21.0. The number of aryl methyl sites for hydroxylation is 2. The molecule has 1 rings (SSSR count). The summed E-state index contributed by atoms with van der Waals surface area (Å²) in [5.41, 5.74) is 2.90. The van der Waals surface area contributed by atoms with Gasteiger partial charge in [-0.15, -0.1) is 0 Å². The number of halogens is 1. The minimum absolute atomic E-state index is 0. The molecule has 21 heavy (non-hydrogen) atoms. The number of nitrogens with one attached hydrogen (secondary N) is 1. The summed E-state index contributed by atoms with van der Waals surface area (Å²) in [7, 11) is 0. The van der Waals surface area contributed by atoms with Gasteiger partial charge in [-0.25, -0.2) is 0 Å². The molecule has 5 heteroatoms. The van der Waals surface area contributed by atoms with E-state index < -0.39 is 0 Å². The molecule has 0 saturated heterocycles. The van der Waals surface area contributed by atoms with Crippen LogP contribution in [-0.2, 0) is 37.5 Å². The van der Waals surface area contributed by atoms with Gasteiger partial charge in [0.1, 0.15) is 0 Å². The summed E-state index contributed by atoms with van der Waals surface area (Å²) in [5, 5.41) is 3.76. The topological polar surface area (TPSA) is 29.1 Å². The first-order valence-electron chi connectivity index (χ1n) is 7.29. The van der Waals surface area contributed by atoms with E-state index in [0.717, 1.165) is 40.9 Å². The second kappa shape index (κ2) is 9.24. The fourth-order valence-corrected chi connectivity index (χ4v) is 2.92. The summed E-state index contributed by atoms with van der Waals surface area (Å²) in [6, 6.07) is 3.76. The predicted octanol–water partition coefficient (Wildman–Crippen LogP) is 3.77. The Bertz CT molecular complexity index is 456. The van der Waals surface area contributed by atoms with E-state index in [4.69, 9.17) is 11.6 Å². The van der Waals surface area contributed by atoms with Crippen LogP contribution in [0, 0.1) is 13.8 Å². The maximum Gasteiger partial charge on any atom is 0.279 e. The zero-order chi connectivity index (χ0) is 15.3. The smallest absolute Gasteiger partial charge is 0.279 e. The van der Waals surface area contributed by atoms with E-state index in [-0.39, 0.29) is 38.6 Å². The van der Waals surface area contributed by atoms with Crippen LogP contribution in [0.15, 0.2) is 12.1 Å². The summed E-state index contributed by atoms with van der Waals surface area (Å²) in [6.07, 6.45) is 0. The SMILES string of the molecule is CC[N+](CC)(CC)CC(=O)Nc1c(C)cc(Cl)cc1C.[Y]. The van der Waals surface area contributed by atoms with E-state index in [1.165, 1.54) is 0 Å². The Morgan fingerprint density at radius 3 is 1.90 bits per heavy atom. The molecule has 0 fully saturated rings. The number of hydrogen-bond acceptors (Lipinski definition) is 1. The van der Waals surface area contributed by atoms with Gasteiger partial charge in [0.2, 0.25) is 0 Å². The van der Waals surface area contributed by atoms with Gasteiger partial charge in [0.25, 0.3) is 5.91 Å². The molecule has 0 atom stereocenters. The van der Waals surface area contributed by atoms with Crippen molar-refractivity contribution in [3.05, 3.63) is 28.3 Å². The fourth-order valence-electron chi connectivity index (χ4n) is 2.60. The van der Waals surface area contributed by atoms with Crippen LogP contribution in [0.3, 0.4) is 0 Å². The van der Waals surface area contributed by atoms with Crippen molar-refractivity contribution in [2.45, 2.75) is 34.6 Å². The van der Waals surface area contributed by atoms with Crippen LogP contribution in [0.5, 0.6) is 0 Å². The van der Waals surface area contributed by atoms with Crippen LogP contribution in [0.1, 0.15) is 31.9 Å². The van der Waals surface area contributed by atoms with E-state index in [9.17, 15) is 4.79 Å². The molecule has 3 nitrogen and oxygen atoms in total. The first-order valence-corrected chi connectivity index (χ1v) is 7.67. The minimum atomic E-state index is 0. The molecular formula is C16H26ClN2OY+. The molecule has 1 N–H and O–H groups in total. The number of quaternary nitrogens is 1. The van der Waals surface area contributed by atoms with Gasteiger partial charge in [-0.1, -0.05) is 11.6 Å². The normalized spacial score (nSPS) is 11.0. The van der Waals surface area contributed by atoms with E-state index >= 15 is 0 Å². The van der Waals surface area contributed by atoms with E-state index in [1.54, 1.807) is 0 Å². The third-order valence-corrected chi connectivity index (χ3v) is 4.47. The molecule has 0 aliphatic rings. The Hall–Kier alpha value is 0.0439. The maximum atomic E-state index is 12.3. The standard InChI is InChI=1S/C16H25ClN2O.Y/c1-6-19(7-2,8-3)11-15(20)18-16-12(4)9-14(17)10-13(16)5;/h9-10H,6-8,11H2,1-5H3;/p+1. The number of likely N-dealkylation sites (N-methyl/N-ethyl adjacent to an activating group) is 1. The number of anilines is 1. The number of carbonyl (C=O) groups excluding carboxylic acids is 1. The van der Waals surface area contributed by atoms with Crippen molar-refractivity contribution in [2.75, 3.05) is 31.5 Å². The molecule has 0 aromatic heterocycles. The van der Waals surface area contributed by atoms with Crippen LogP contribution in [0.4, 0.5) is 5.69 Å². The van der Waals surface area contributed by atoms with E-state index in [2.05, 4.69) is 26.1 Å². The zero-order valence-electron chi connectivity index (χ0n) is 13.8. The average Bonchev–Trinajstić information content (AvgIpc) is 2.40. The van der Waals surface area contributed by atoms with Gasteiger partial charge in [0, 0.05) is 43.4 Å². The van der Waals surface area contributed by atoms with E-state index in [0.29, 0.717) is 11.6 Å². The van der Waals surface area contributed by atoms with Crippen molar-refractivity contribution >= 4 is 23.2 Å². The zero-order valence-corrected chi connectivity index (χ0v) is 17.4. The van der Waals surface area contributed by atoms with Gasteiger partial charge >= 0.3 is 0 Å². The number of carbonyl (C=O) groups is 1. The summed E-state index contributed by atoms with van der Waals surface area (Å²) >= 11 is 6.02. The summed E-state index contributed by atoms with van der Waals surface area (Å²) in [4.78, 5) is 12.3. The van der Waals surface area contributed by atoms with Crippen LogP contribution >= 0.6 is 11.6 Å². The Balaban J connectivity index is 0.00000400. The van der Waals surface area contributed by atoms with Crippen molar-refractivity contribution in [3.8, 4) is 0 Å². The molecule has 1 radical (unpaired) electrons. The second-order valence-electron chi connectivity index (χ2n) is 5.41. The molecule has 1 aromatic carbocycles. The average molecular weight is 387 g/mol. The molecule has 1 aromatic rings. The van der Waals surface area contributed by atoms with Gasteiger partial charge in [-0.3, -0.25) is 4.79 Å². The molecule has 0 aliphatic carbocycles. The largest absolute Gasteiger partial charge is 0.321 e. The maximum absolute atomic E-state index is 12.3. The van der Waals surface area contributed by atoms with E-state index in [1.807, 2.05) is 26.0 Å². The first-order chi connectivity index (χ1) is 9.37. The van der Waals surface area contributed by atoms with Crippen molar-refractivity contribution in [1.82, 2.24) is 0 Å². The van der Waals surface area contributed by atoms with Gasteiger partial charge in [0.05, 0.1) is 19.6 Å². The minimum Gasteiger partial charge on any atom is -0.321 e. The molecule has 0 heterocycles. The number of hydrogen-bond donors (Lipinski definition) is 1. The second-order valence-corrected chi connectivity index (χ2v) is 5.85. The number of benzene rings is 1. The molecule has 0 spiro atoms. The van der Waals surface area contributed by atoms with Crippen LogP contribution in [0.25, 0.3) is 0 Å². The third-order valence-electron chi connectivity index (χ3n) is 4.25. The van der Waals surface area contributed by atoms with Crippen molar-refractivity contribution in [3.63, 3.8) is 0 Å². The quantitative estimate of drug-likeness (QED) is 0.741. The van der Waals surface area contributed by atoms with Crippen LogP contribution < -0.4 is 5.32 Å². The molecule has 0 saturated carbocycles. The third kappa shape index (κ3) is 5.63. The number of amides is 1. The van der Waals surface area contributed by atoms with Gasteiger partial charge in [-0.05, 0) is 57.9 Å². The predicted molar refractivity (Wildman–Crippen MR) is 86.3 cm³/mol. The Kier molecular flexibility index (Phi) is 9.26. The van der Waals surface area contributed by atoms with Gasteiger partial charge < -0.3 is 9.80 Å². The Morgan fingerprint density at radius 2 is 1.52 bits per heavy atom. The molecule has 115 valence electrons. The molecule has 0 bridgehead atoms. The molecule has 1 amide bonds. The Morgan fingerprint density at radius 1 is 1.10 bits per heavy atom. The fraction of sp³-hybridized carbons (Fsp3) is 0.562. The van der Waals surface area contributed by atoms with Crippen molar-refractivity contribution in [1.29, 1.82) is 0 Å². The monoisotopic (exact) mass is 386 g/mol. The number of nitrogens with zero attached hydrogens (tertiary/aromatic N) is 1. The summed E-state index contributed by atoms with van der Waals surface area (Å²) < 4.78 is 0.817. The molecular weight excluding hydrogens is 361 g/mol. The van der Waals surface area contributed by atoms with Crippen LogP contribution in [-0.4, -0.2) is 36.6 Å². The van der Waals surface area contributed by atoms with Gasteiger partial charge in [0.15, 0.2) is 6.54 Å². The molecule has 0 unspecified atom stereocenters.